The first-order chi connectivity index (χ1) is 10.0. The molecule has 2 aromatic heterocycles. The lowest BCUT2D eigenvalue weighted by Crippen LogP contribution is -2.09. The maximum atomic E-state index is 11.6. The van der Waals surface area contributed by atoms with Gasteiger partial charge in [-0.25, -0.2) is 9.78 Å². The van der Waals surface area contributed by atoms with Crippen molar-refractivity contribution in [2.24, 2.45) is 0 Å². The largest absolute Gasteiger partial charge is 0.466 e. The zero-order valence-corrected chi connectivity index (χ0v) is 12.8. The van der Waals surface area contributed by atoms with E-state index in [1.54, 1.807) is 19.1 Å². The third-order valence-corrected chi connectivity index (χ3v) is 3.18. The molecular weight excluding hydrogens is 268 g/mol. The Kier molecular flexibility index (Phi) is 4.62. The molecule has 5 heteroatoms. The molecule has 0 amide bonds. The van der Waals surface area contributed by atoms with Crippen LogP contribution in [0.1, 0.15) is 47.3 Å². The van der Waals surface area contributed by atoms with E-state index in [1.807, 2.05) is 26.8 Å². The number of esters is 1. The summed E-state index contributed by atoms with van der Waals surface area (Å²) in [5.74, 6) is 2.14. The molecule has 1 N–H and O–H groups in total. The fourth-order valence-corrected chi connectivity index (χ4v) is 2.19. The molecule has 0 saturated carbocycles. The maximum absolute atomic E-state index is 11.6. The molecule has 0 radical (unpaired) electrons. The van der Waals surface area contributed by atoms with E-state index in [1.165, 1.54) is 6.20 Å². The maximum Gasteiger partial charge on any atom is 0.339 e. The van der Waals surface area contributed by atoms with Gasteiger partial charge in [0.1, 0.15) is 17.3 Å². The number of anilines is 1. The van der Waals surface area contributed by atoms with Gasteiger partial charge in [-0.15, -0.1) is 0 Å². The average molecular weight is 288 g/mol. The monoisotopic (exact) mass is 288 g/mol. The van der Waals surface area contributed by atoms with E-state index in [2.05, 4.69) is 10.3 Å². The second-order valence-corrected chi connectivity index (χ2v) is 4.89. The molecule has 2 rings (SSSR count). The first-order valence-corrected chi connectivity index (χ1v) is 6.98. The van der Waals surface area contributed by atoms with Crippen molar-refractivity contribution < 1.29 is 13.9 Å². The highest BCUT2D eigenvalue weighted by Gasteiger charge is 2.13. The minimum absolute atomic E-state index is 0.0726. The summed E-state index contributed by atoms with van der Waals surface area (Å²) in [4.78, 5) is 15.8. The first-order valence-electron chi connectivity index (χ1n) is 6.98. The smallest absolute Gasteiger partial charge is 0.339 e. The van der Waals surface area contributed by atoms with E-state index in [-0.39, 0.29) is 12.0 Å². The number of nitrogens with one attached hydrogen (secondary N) is 1. The predicted octanol–water partition coefficient (Wildman–Crippen LogP) is 3.64. The number of nitrogens with zero attached hydrogens (tertiary/aromatic N) is 1. The minimum atomic E-state index is -0.356. The van der Waals surface area contributed by atoms with Gasteiger partial charge in [-0.1, -0.05) is 0 Å². The van der Waals surface area contributed by atoms with E-state index in [4.69, 9.17) is 9.15 Å². The Balaban J connectivity index is 2.06. The van der Waals surface area contributed by atoms with Crippen molar-refractivity contribution in [1.29, 1.82) is 0 Å². The van der Waals surface area contributed by atoms with E-state index >= 15 is 0 Å². The zero-order valence-electron chi connectivity index (χ0n) is 12.8. The minimum Gasteiger partial charge on any atom is -0.466 e. The predicted molar refractivity (Wildman–Crippen MR) is 80.4 cm³/mol. The molecule has 112 valence electrons. The van der Waals surface area contributed by atoms with Gasteiger partial charge in [0.15, 0.2) is 0 Å². The summed E-state index contributed by atoms with van der Waals surface area (Å²) in [7, 11) is 0. The van der Waals surface area contributed by atoms with E-state index in [0.717, 1.165) is 17.1 Å². The molecule has 21 heavy (non-hydrogen) atoms. The topological polar surface area (TPSA) is 64.4 Å². The Morgan fingerprint density at radius 1 is 1.43 bits per heavy atom. The quantitative estimate of drug-likeness (QED) is 0.851. The lowest BCUT2D eigenvalue weighted by molar-refractivity contribution is 0.0526. The summed E-state index contributed by atoms with van der Waals surface area (Å²) in [6.45, 7) is 8.04. The van der Waals surface area contributed by atoms with Crippen LogP contribution in [0, 0.1) is 13.8 Å². The van der Waals surface area contributed by atoms with Crippen LogP contribution in [-0.2, 0) is 4.74 Å². The zero-order chi connectivity index (χ0) is 15.4. The average Bonchev–Trinajstić information content (AvgIpc) is 2.79. The van der Waals surface area contributed by atoms with Gasteiger partial charge in [0.2, 0.25) is 0 Å². The first kappa shape index (κ1) is 15.1. The van der Waals surface area contributed by atoms with Crippen molar-refractivity contribution in [3.8, 4) is 0 Å². The molecule has 5 nitrogen and oxygen atoms in total. The van der Waals surface area contributed by atoms with Gasteiger partial charge in [-0.05, 0) is 45.9 Å². The molecule has 1 atom stereocenters. The second-order valence-electron chi connectivity index (χ2n) is 4.89. The van der Waals surface area contributed by atoms with Crippen molar-refractivity contribution in [2.75, 3.05) is 11.9 Å². The van der Waals surface area contributed by atoms with Crippen molar-refractivity contribution in [3.05, 3.63) is 47.0 Å². The Labute approximate surface area is 124 Å². The normalized spacial score (nSPS) is 12.0. The van der Waals surface area contributed by atoms with Crippen molar-refractivity contribution in [3.63, 3.8) is 0 Å². The molecule has 2 aromatic rings. The summed E-state index contributed by atoms with van der Waals surface area (Å²) in [5, 5.41) is 3.29. The van der Waals surface area contributed by atoms with Crippen LogP contribution < -0.4 is 5.32 Å². The molecule has 0 aliphatic carbocycles. The SMILES string of the molecule is CCOC(=O)c1ccc(NC(C)c2cc(C)oc2C)nc1. The van der Waals surface area contributed by atoms with E-state index in [0.29, 0.717) is 18.0 Å². The van der Waals surface area contributed by atoms with Crippen molar-refractivity contribution in [1.82, 2.24) is 4.98 Å². The summed E-state index contributed by atoms with van der Waals surface area (Å²) in [6.07, 6.45) is 1.51. The molecule has 2 heterocycles. The number of pyridine rings is 1. The lowest BCUT2D eigenvalue weighted by Gasteiger charge is -2.14. The van der Waals surface area contributed by atoms with Crippen molar-refractivity contribution in [2.45, 2.75) is 33.7 Å². The number of hydrogen-bond donors (Lipinski definition) is 1. The number of furan rings is 1. The molecule has 0 fully saturated rings. The Hall–Kier alpha value is -2.30. The number of aryl methyl sites for hydroxylation is 2. The third kappa shape index (κ3) is 3.62. The van der Waals surface area contributed by atoms with Gasteiger partial charge in [0, 0.05) is 11.8 Å². The second kappa shape index (κ2) is 6.43. The summed E-state index contributed by atoms with van der Waals surface area (Å²) in [5.41, 5.74) is 1.55. The van der Waals surface area contributed by atoms with Gasteiger partial charge in [-0.3, -0.25) is 0 Å². The van der Waals surface area contributed by atoms with Gasteiger partial charge in [0.05, 0.1) is 18.2 Å². The Morgan fingerprint density at radius 3 is 2.71 bits per heavy atom. The fourth-order valence-electron chi connectivity index (χ4n) is 2.19. The number of ether oxygens (including phenoxy) is 1. The number of aromatic nitrogens is 1. The molecule has 0 bridgehead atoms. The molecule has 0 aliphatic heterocycles. The highest BCUT2D eigenvalue weighted by Crippen LogP contribution is 2.24. The molecule has 1 unspecified atom stereocenters. The van der Waals surface area contributed by atoms with Crippen LogP contribution in [-0.4, -0.2) is 17.6 Å². The van der Waals surface area contributed by atoms with Crippen LogP contribution in [0.15, 0.2) is 28.8 Å². The summed E-state index contributed by atoms with van der Waals surface area (Å²) in [6, 6.07) is 5.56. The molecule has 0 saturated heterocycles. The number of carbonyl (C=O) groups excluding carboxylic acids is 1. The molecular formula is C16H20N2O3. The third-order valence-electron chi connectivity index (χ3n) is 3.18. The fraction of sp³-hybridized carbons (Fsp3) is 0.375. The standard InChI is InChI=1S/C16H20N2O3/c1-5-20-16(19)13-6-7-15(17-9-13)18-11(3)14-8-10(2)21-12(14)4/h6-9,11H,5H2,1-4H3,(H,17,18). The van der Waals surface area contributed by atoms with Crippen LogP contribution in [0.3, 0.4) is 0 Å². The molecule has 0 aromatic carbocycles. The van der Waals surface area contributed by atoms with Gasteiger partial charge in [-0.2, -0.15) is 0 Å². The van der Waals surface area contributed by atoms with Crippen LogP contribution >= 0.6 is 0 Å². The van der Waals surface area contributed by atoms with Gasteiger partial charge >= 0.3 is 5.97 Å². The number of rotatable bonds is 5. The molecule has 0 aliphatic rings. The van der Waals surface area contributed by atoms with E-state index in [9.17, 15) is 4.79 Å². The van der Waals surface area contributed by atoms with Crippen LogP contribution in [0.5, 0.6) is 0 Å². The highest BCUT2D eigenvalue weighted by molar-refractivity contribution is 5.89. The highest BCUT2D eigenvalue weighted by atomic mass is 16.5. The van der Waals surface area contributed by atoms with E-state index < -0.39 is 0 Å². The summed E-state index contributed by atoms with van der Waals surface area (Å²) < 4.78 is 10.5. The van der Waals surface area contributed by atoms with Crippen LogP contribution in [0.4, 0.5) is 5.82 Å². The summed E-state index contributed by atoms with van der Waals surface area (Å²) >= 11 is 0. The van der Waals surface area contributed by atoms with Gasteiger partial charge in [0.25, 0.3) is 0 Å². The van der Waals surface area contributed by atoms with Crippen LogP contribution in [0.25, 0.3) is 0 Å². The number of hydrogen-bond acceptors (Lipinski definition) is 5. The number of carbonyl (C=O) groups is 1. The lowest BCUT2D eigenvalue weighted by atomic mass is 10.1. The van der Waals surface area contributed by atoms with Crippen LogP contribution in [0.2, 0.25) is 0 Å². The Morgan fingerprint density at radius 2 is 2.19 bits per heavy atom. The van der Waals surface area contributed by atoms with Gasteiger partial charge < -0.3 is 14.5 Å². The molecule has 0 spiro atoms. The Bertz CT molecular complexity index is 617. The van der Waals surface area contributed by atoms with Crippen molar-refractivity contribution >= 4 is 11.8 Å².